The third kappa shape index (κ3) is 6.99. The van der Waals surface area contributed by atoms with E-state index in [2.05, 4.69) is 44.8 Å². The molecule has 0 radical (unpaired) electrons. The van der Waals surface area contributed by atoms with E-state index in [0.717, 1.165) is 31.0 Å². The van der Waals surface area contributed by atoms with Gasteiger partial charge in [-0.15, -0.1) is 24.0 Å². The number of halogens is 2. The van der Waals surface area contributed by atoms with Crippen molar-refractivity contribution in [2.75, 3.05) is 33.2 Å². The van der Waals surface area contributed by atoms with Crippen LogP contribution in [0.4, 0.5) is 4.39 Å². The Balaban J connectivity index is 0.00000300. The maximum atomic E-state index is 12.9. The number of carbonyl (C=O) groups excluding carboxylic acids is 1. The lowest BCUT2D eigenvalue weighted by Gasteiger charge is -2.22. The van der Waals surface area contributed by atoms with Crippen LogP contribution in [0.3, 0.4) is 0 Å². The molecule has 1 unspecified atom stereocenters. The highest BCUT2D eigenvalue weighted by Gasteiger charge is 2.25. The zero-order valence-electron chi connectivity index (χ0n) is 16.6. The lowest BCUT2D eigenvalue weighted by molar-refractivity contribution is -0.120. The van der Waals surface area contributed by atoms with Crippen LogP contribution >= 0.6 is 24.0 Å². The molecule has 1 aliphatic rings. The van der Waals surface area contributed by atoms with Crippen molar-refractivity contribution in [3.05, 3.63) is 71.5 Å². The molecular weight excluding hydrogens is 482 g/mol. The summed E-state index contributed by atoms with van der Waals surface area (Å²) in [6, 6.07) is 16.6. The van der Waals surface area contributed by atoms with Gasteiger partial charge < -0.3 is 15.5 Å². The summed E-state index contributed by atoms with van der Waals surface area (Å²) < 4.78 is 12.9. The number of nitrogens with one attached hydrogen (secondary N) is 2. The number of nitrogens with zero attached hydrogens (tertiary/aromatic N) is 2. The van der Waals surface area contributed by atoms with Crippen molar-refractivity contribution >= 4 is 35.8 Å². The van der Waals surface area contributed by atoms with Crippen LogP contribution in [-0.2, 0) is 11.2 Å². The summed E-state index contributed by atoms with van der Waals surface area (Å²) in [6.07, 6.45) is 1.36. The molecule has 0 spiro atoms. The Morgan fingerprint density at radius 1 is 1.10 bits per heavy atom. The fourth-order valence-electron chi connectivity index (χ4n) is 3.51. The van der Waals surface area contributed by atoms with Crippen molar-refractivity contribution in [2.24, 2.45) is 4.99 Å². The highest BCUT2D eigenvalue weighted by atomic mass is 127. The Bertz CT molecular complexity index is 798. The quantitative estimate of drug-likeness (QED) is 0.272. The summed E-state index contributed by atoms with van der Waals surface area (Å²) >= 11 is 0. The van der Waals surface area contributed by atoms with Crippen molar-refractivity contribution in [3.8, 4) is 0 Å². The van der Waals surface area contributed by atoms with Gasteiger partial charge in [0, 0.05) is 39.1 Å². The van der Waals surface area contributed by atoms with E-state index >= 15 is 0 Å². The molecule has 1 saturated heterocycles. The number of amides is 1. The van der Waals surface area contributed by atoms with Crippen molar-refractivity contribution in [1.82, 2.24) is 15.5 Å². The van der Waals surface area contributed by atoms with Gasteiger partial charge in [-0.2, -0.15) is 0 Å². The summed E-state index contributed by atoms with van der Waals surface area (Å²) in [4.78, 5) is 18.6. The molecule has 1 amide bonds. The van der Waals surface area contributed by atoms with E-state index in [9.17, 15) is 9.18 Å². The number of aliphatic imine (C=N–C) groups is 1. The van der Waals surface area contributed by atoms with Crippen LogP contribution in [-0.4, -0.2) is 50.0 Å². The Morgan fingerprint density at radius 2 is 1.79 bits per heavy atom. The molecule has 1 aliphatic heterocycles. The van der Waals surface area contributed by atoms with Crippen molar-refractivity contribution < 1.29 is 9.18 Å². The minimum Gasteiger partial charge on any atom is -0.354 e. The summed E-state index contributed by atoms with van der Waals surface area (Å²) in [5.74, 6) is 1.02. The molecule has 2 N–H and O–H groups in total. The van der Waals surface area contributed by atoms with Gasteiger partial charge in [0.15, 0.2) is 5.96 Å². The Hall–Kier alpha value is -2.16. The van der Waals surface area contributed by atoms with Crippen molar-refractivity contribution in [2.45, 2.75) is 18.8 Å². The molecule has 0 aromatic heterocycles. The first-order valence-corrected chi connectivity index (χ1v) is 9.67. The van der Waals surface area contributed by atoms with Crippen molar-refractivity contribution in [1.29, 1.82) is 0 Å². The van der Waals surface area contributed by atoms with Crippen LogP contribution < -0.4 is 10.6 Å². The van der Waals surface area contributed by atoms with Gasteiger partial charge in [-0.3, -0.25) is 9.79 Å². The summed E-state index contributed by atoms with van der Waals surface area (Å²) in [6.45, 7) is 3.03. The minimum atomic E-state index is -0.295. The van der Waals surface area contributed by atoms with E-state index in [-0.39, 0.29) is 42.1 Å². The topological polar surface area (TPSA) is 56.7 Å². The van der Waals surface area contributed by atoms with Gasteiger partial charge in [-0.05, 0) is 29.7 Å². The molecule has 3 rings (SSSR count). The molecule has 1 atom stereocenters. The first kappa shape index (κ1) is 23.1. The van der Waals surface area contributed by atoms with Crippen LogP contribution in [0, 0.1) is 5.82 Å². The average molecular weight is 510 g/mol. The molecule has 2 aromatic rings. The molecule has 29 heavy (non-hydrogen) atoms. The van der Waals surface area contributed by atoms with Crippen LogP contribution in [0.2, 0.25) is 0 Å². The number of likely N-dealkylation sites (tertiary alicyclic amines) is 1. The monoisotopic (exact) mass is 510 g/mol. The maximum Gasteiger partial charge on any atom is 0.224 e. The van der Waals surface area contributed by atoms with E-state index in [0.29, 0.717) is 19.0 Å². The summed E-state index contributed by atoms with van der Waals surface area (Å²) in [5, 5.41) is 6.20. The van der Waals surface area contributed by atoms with E-state index in [1.807, 2.05) is 6.07 Å². The number of rotatable bonds is 6. The zero-order chi connectivity index (χ0) is 19.8. The first-order valence-electron chi connectivity index (χ1n) is 9.67. The number of benzene rings is 2. The largest absolute Gasteiger partial charge is 0.354 e. The van der Waals surface area contributed by atoms with Crippen molar-refractivity contribution in [3.63, 3.8) is 0 Å². The smallest absolute Gasteiger partial charge is 0.224 e. The highest BCUT2D eigenvalue weighted by Crippen LogP contribution is 2.26. The van der Waals surface area contributed by atoms with Crippen LogP contribution in [0.1, 0.15) is 23.5 Å². The van der Waals surface area contributed by atoms with Gasteiger partial charge >= 0.3 is 0 Å². The van der Waals surface area contributed by atoms with E-state index in [1.54, 1.807) is 19.2 Å². The lowest BCUT2D eigenvalue weighted by atomic mass is 9.99. The second-order valence-electron chi connectivity index (χ2n) is 6.97. The second kappa shape index (κ2) is 11.7. The molecule has 1 fully saturated rings. The molecule has 0 bridgehead atoms. The molecule has 156 valence electrons. The third-order valence-corrected chi connectivity index (χ3v) is 4.98. The minimum absolute atomic E-state index is 0. The third-order valence-electron chi connectivity index (χ3n) is 4.98. The molecule has 7 heteroatoms. The zero-order valence-corrected chi connectivity index (χ0v) is 18.9. The van der Waals surface area contributed by atoms with Crippen LogP contribution in [0.5, 0.6) is 0 Å². The SMILES string of the molecule is CN=C(NCCNC(=O)Cc1ccc(F)cc1)N1CCC(c2ccccc2)C1.I. The van der Waals surface area contributed by atoms with E-state index in [4.69, 9.17) is 0 Å². The van der Waals surface area contributed by atoms with Crippen LogP contribution in [0.15, 0.2) is 59.6 Å². The van der Waals surface area contributed by atoms with Gasteiger partial charge in [0.2, 0.25) is 5.91 Å². The van der Waals surface area contributed by atoms with Crippen LogP contribution in [0.25, 0.3) is 0 Å². The average Bonchev–Trinajstić information content (AvgIpc) is 3.20. The Morgan fingerprint density at radius 3 is 2.48 bits per heavy atom. The van der Waals surface area contributed by atoms with Gasteiger partial charge in [0.05, 0.1) is 6.42 Å². The summed E-state index contributed by atoms with van der Waals surface area (Å²) in [5.41, 5.74) is 2.17. The van der Waals surface area contributed by atoms with Gasteiger partial charge in [-0.25, -0.2) is 4.39 Å². The number of carbonyl (C=O) groups is 1. The van der Waals surface area contributed by atoms with Gasteiger partial charge in [0.25, 0.3) is 0 Å². The lowest BCUT2D eigenvalue weighted by Crippen LogP contribution is -2.43. The molecule has 5 nitrogen and oxygen atoms in total. The molecule has 0 aliphatic carbocycles. The Kier molecular flexibility index (Phi) is 9.37. The van der Waals surface area contributed by atoms with E-state index < -0.39 is 0 Å². The van der Waals surface area contributed by atoms with Gasteiger partial charge in [-0.1, -0.05) is 42.5 Å². The fraction of sp³-hybridized carbons (Fsp3) is 0.364. The predicted molar refractivity (Wildman–Crippen MR) is 125 cm³/mol. The Labute approximate surface area is 188 Å². The van der Waals surface area contributed by atoms with E-state index in [1.165, 1.54) is 17.7 Å². The number of hydrogen-bond acceptors (Lipinski definition) is 2. The molecule has 1 heterocycles. The summed E-state index contributed by atoms with van der Waals surface area (Å²) in [7, 11) is 1.78. The number of hydrogen-bond donors (Lipinski definition) is 2. The highest BCUT2D eigenvalue weighted by molar-refractivity contribution is 14.0. The fourth-order valence-corrected chi connectivity index (χ4v) is 3.51. The number of guanidine groups is 1. The maximum absolute atomic E-state index is 12.9. The normalized spacial score (nSPS) is 16.3. The first-order chi connectivity index (χ1) is 13.7. The van der Waals surface area contributed by atoms with Gasteiger partial charge in [0.1, 0.15) is 5.82 Å². The molecular formula is C22H28FIN4O. The molecule has 2 aromatic carbocycles. The standard InChI is InChI=1S/C22H27FN4O.HI/c1-24-22(27-14-11-19(16-27)18-5-3-2-4-6-18)26-13-12-25-21(28)15-17-7-9-20(23)10-8-17;/h2-10,19H,11-16H2,1H3,(H,24,26)(H,25,28);1H. The molecule has 0 saturated carbocycles. The predicted octanol–water partition coefficient (Wildman–Crippen LogP) is 3.17. The second-order valence-corrected chi connectivity index (χ2v) is 6.97.